The van der Waals surface area contributed by atoms with E-state index in [1.807, 2.05) is 0 Å². The first-order valence-electron chi connectivity index (χ1n) is 3.72. The summed E-state index contributed by atoms with van der Waals surface area (Å²) < 4.78 is 36.4. The van der Waals surface area contributed by atoms with Crippen molar-refractivity contribution in [1.29, 1.82) is 5.26 Å². The van der Waals surface area contributed by atoms with Crippen molar-refractivity contribution in [3.63, 3.8) is 0 Å². The van der Waals surface area contributed by atoms with Gasteiger partial charge in [-0.05, 0) is 0 Å². The molecule has 1 aromatic heterocycles. The number of anilines is 1. The highest BCUT2D eigenvalue weighted by atomic mass is 19.4. The fourth-order valence-corrected chi connectivity index (χ4v) is 0.924. The largest absolute Gasteiger partial charge is 0.395 e. The molecule has 1 aromatic rings. The molecule has 7 heteroatoms. The van der Waals surface area contributed by atoms with E-state index in [4.69, 9.17) is 11.0 Å². The van der Waals surface area contributed by atoms with Crippen LogP contribution in [0.1, 0.15) is 12.1 Å². The molecule has 4 nitrogen and oxygen atoms in total. The Kier molecular flexibility index (Phi) is 2.65. The van der Waals surface area contributed by atoms with Gasteiger partial charge in [-0.15, -0.1) is 0 Å². The van der Waals surface area contributed by atoms with Crippen molar-refractivity contribution in [3.8, 4) is 6.07 Å². The lowest BCUT2D eigenvalue weighted by molar-refractivity contribution is -0.137. The zero-order valence-corrected chi connectivity index (χ0v) is 7.04. The van der Waals surface area contributed by atoms with Crippen molar-refractivity contribution in [2.45, 2.75) is 19.1 Å². The quantitative estimate of drug-likeness (QED) is 0.789. The maximum absolute atomic E-state index is 11.8. The number of aryl methyl sites for hydroxylation is 1. The van der Waals surface area contributed by atoms with Crippen molar-refractivity contribution >= 4 is 5.69 Å². The number of hydrogen-bond donors (Lipinski definition) is 1. The maximum Gasteiger partial charge on any atom is 0.390 e. The highest BCUT2D eigenvalue weighted by Gasteiger charge is 2.27. The van der Waals surface area contributed by atoms with Gasteiger partial charge >= 0.3 is 6.18 Å². The Labute approximate surface area is 77.7 Å². The molecule has 0 fully saturated rings. The van der Waals surface area contributed by atoms with Crippen LogP contribution in [-0.2, 0) is 6.54 Å². The Balaban J connectivity index is 2.74. The number of hydrogen-bond acceptors (Lipinski definition) is 3. The molecule has 0 radical (unpaired) electrons. The molecular weight excluding hydrogens is 197 g/mol. The van der Waals surface area contributed by atoms with E-state index in [1.165, 1.54) is 0 Å². The molecule has 0 aliphatic carbocycles. The normalized spacial score (nSPS) is 11.3. The number of nitrogens with two attached hydrogens (primary N) is 1. The lowest BCUT2D eigenvalue weighted by atomic mass is 10.3. The first-order valence-corrected chi connectivity index (χ1v) is 3.72. The van der Waals surface area contributed by atoms with Crippen LogP contribution in [0.25, 0.3) is 0 Å². The molecule has 0 aromatic carbocycles. The molecular formula is C7H7F3N4. The summed E-state index contributed by atoms with van der Waals surface area (Å²) in [6.07, 6.45) is -4.12. The van der Waals surface area contributed by atoms with E-state index in [2.05, 4.69) is 5.10 Å². The Morgan fingerprint density at radius 2 is 2.21 bits per heavy atom. The Bertz CT molecular complexity index is 360. The highest BCUT2D eigenvalue weighted by Crippen LogP contribution is 2.21. The first-order chi connectivity index (χ1) is 6.44. The molecule has 0 amide bonds. The third-order valence-electron chi connectivity index (χ3n) is 1.58. The maximum atomic E-state index is 11.8. The zero-order valence-electron chi connectivity index (χ0n) is 7.04. The van der Waals surface area contributed by atoms with Crippen LogP contribution in [0, 0.1) is 11.3 Å². The number of alkyl halides is 3. The third-order valence-corrected chi connectivity index (χ3v) is 1.58. The summed E-state index contributed by atoms with van der Waals surface area (Å²) in [5.74, 6) is 0. The molecule has 0 aliphatic heterocycles. The summed E-state index contributed by atoms with van der Waals surface area (Å²) in [7, 11) is 0. The van der Waals surface area contributed by atoms with Gasteiger partial charge in [0.1, 0.15) is 6.07 Å². The molecule has 0 atom stereocenters. The number of rotatable bonds is 2. The number of aromatic nitrogens is 2. The molecule has 1 heterocycles. The second kappa shape index (κ2) is 3.57. The number of halogens is 3. The van der Waals surface area contributed by atoms with Crippen LogP contribution in [0.2, 0.25) is 0 Å². The van der Waals surface area contributed by atoms with Crippen LogP contribution in [0.5, 0.6) is 0 Å². The average molecular weight is 204 g/mol. The standard InChI is InChI=1S/C7H7F3N4/c8-7(9,10)1-2-14-6(3-11)5(12)4-13-14/h4H,1-2,12H2. The molecule has 2 N–H and O–H groups in total. The number of nitriles is 1. The molecule has 0 bridgehead atoms. The predicted octanol–water partition coefficient (Wildman–Crippen LogP) is 1.29. The molecule has 0 aliphatic rings. The van der Waals surface area contributed by atoms with Gasteiger partial charge in [0.2, 0.25) is 0 Å². The predicted molar refractivity (Wildman–Crippen MR) is 42.0 cm³/mol. The van der Waals surface area contributed by atoms with Crippen molar-refractivity contribution in [3.05, 3.63) is 11.9 Å². The van der Waals surface area contributed by atoms with Crippen LogP contribution < -0.4 is 5.73 Å². The molecule has 0 saturated carbocycles. The summed E-state index contributed by atoms with van der Waals surface area (Å²) in [5, 5.41) is 12.1. The summed E-state index contributed by atoms with van der Waals surface area (Å²) in [6.45, 7) is -0.385. The van der Waals surface area contributed by atoms with Gasteiger partial charge in [0.05, 0.1) is 24.8 Å². The Hall–Kier alpha value is -1.71. The smallest absolute Gasteiger partial charge is 0.390 e. The highest BCUT2D eigenvalue weighted by molar-refractivity contribution is 5.48. The lowest BCUT2D eigenvalue weighted by Crippen LogP contribution is -2.14. The van der Waals surface area contributed by atoms with Crippen LogP contribution >= 0.6 is 0 Å². The van der Waals surface area contributed by atoms with E-state index < -0.39 is 12.6 Å². The zero-order chi connectivity index (χ0) is 10.8. The first kappa shape index (κ1) is 10.4. The fourth-order valence-electron chi connectivity index (χ4n) is 0.924. The molecule has 0 spiro atoms. The monoisotopic (exact) mass is 204 g/mol. The second-order valence-corrected chi connectivity index (χ2v) is 2.65. The van der Waals surface area contributed by atoms with E-state index in [0.717, 1.165) is 10.9 Å². The number of nitrogens with zero attached hydrogens (tertiary/aromatic N) is 3. The molecule has 76 valence electrons. The van der Waals surface area contributed by atoms with Crippen LogP contribution in [0.4, 0.5) is 18.9 Å². The minimum Gasteiger partial charge on any atom is -0.395 e. The SMILES string of the molecule is N#Cc1c(N)cnn1CCC(F)(F)F. The van der Waals surface area contributed by atoms with Gasteiger partial charge in [0, 0.05) is 0 Å². The molecule has 14 heavy (non-hydrogen) atoms. The summed E-state index contributed by atoms with van der Waals surface area (Å²) >= 11 is 0. The van der Waals surface area contributed by atoms with Crippen LogP contribution in [0.15, 0.2) is 6.20 Å². The van der Waals surface area contributed by atoms with Crippen molar-refractivity contribution < 1.29 is 13.2 Å². The van der Waals surface area contributed by atoms with Gasteiger partial charge in [-0.2, -0.15) is 23.5 Å². The van der Waals surface area contributed by atoms with E-state index in [1.54, 1.807) is 6.07 Å². The minimum atomic E-state index is -4.26. The minimum absolute atomic E-state index is 0.0331. The van der Waals surface area contributed by atoms with Crippen LogP contribution in [-0.4, -0.2) is 16.0 Å². The van der Waals surface area contributed by atoms with Gasteiger partial charge in [0.25, 0.3) is 0 Å². The fraction of sp³-hybridized carbons (Fsp3) is 0.429. The lowest BCUT2D eigenvalue weighted by Gasteiger charge is -2.06. The van der Waals surface area contributed by atoms with Crippen LogP contribution in [0.3, 0.4) is 0 Å². The summed E-state index contributed by atoms with van der Waals surface area (Å²) in [5.41, 5.74) is 5.36. The molecule has 0 unspecified atom stereocenters. The summed E-state index contributed by atoms with van der Waals surface area (Å²) in [4.78, 5) is 0. The van der Waals surface area contributed by atoms with E-state index in [-0.39, 0.29) is 17.9 Å². The van der Waals surface area contributed by atoms with E-state index >= 15 is 0 Å². The van der Waals surface area contributed by atoms with Gasteiger partial charge < -0.3 is 5.73 Å². The summed E-state index contributed by atoms with van der Waals surface area (Å²) in [6, 6.07) is 1.69. The topological polar surface area (TPSA) is 67.6 Å². The number of nitrogen functional groups attached to an aromatic ring is 1. The van der Waals surface area contributed by atoms with Crippen molar-refractivity contribution in [2.75, 3.05) is 5.73 Å². The molecule has 1 rings (SSSR count). The van der Waals surface area contributed by atoms with Gasteiger partial charge in [-0.1, -0.05) is 0 Å². The third kappa shape index (κ3) is 2.39. The van der Waals surface area contributed by atoms with Gasteiger partial charge in [0.15, 0.2) is 5.69 Å². The average Bonchev–Trinajstić information content (AvgIpc) is 2.41. The second-order valence-electron chi connectivity index (χ2n) is 2.65. The van der Waals surface area contributed by atoms with Crippen molar-refractivity contribution in [2.24, 2.45) is 0 Å². The van der Waals surface area contributed by atoms with Crippen molar-refractivity contribution in [1.82, 2.24) is 9.78 Å². The van der Waals surface area contributed by atoms with Gasteiger partial charge in [-0.25, -0.2) is 0 Å². The Morgan fingerprint density at radius 3 is 2.71 bits per heavy atom. The van der Waals surface area contributed by atoms with E-state index in [9.17, 15) is 13.2 Å². The molecule has 0 saturated heterocycles. The Morgan fingerprint density at radius 1 is 1.57 bits per heavy atom. The van der Waals surface area contributed by atoms with E-state index in [0.29, 0.717) is 0 Å². The van der Waals surface area contributed by atoms with Gasteiger partial charge in [-0.3, -0.25) is 4.68 Å².